The Morgan fingerprint density at radius 2 is 1.76 bits per heavy atom. The van der Waals surface area contributed by atoms with E-state index in [1.54, 1.807) is 47.4 Å². The summed E-state index contributed by atoms with van der Waals surface area (Å²) in [5, 5.41) is 5.98. The van der Waals surface area contributed by atoms with Crippen molar-refractivity contribution >= 4 is 11.4 Å². The lowest BCUT2D eigenvalue weighted by Crippen LogP contribution is -2.36. The second-order valence-electron chi connectivity index (χ2n) is 6.09. The highest BCUT2D eigenvalue weighted by Crippen LogP contribution is 2.32. The summed E-state index contributed by atoms with van der Waals surface area (Å²) in [5.41, 5.74) is 5.97. The zero-order valence-electron chi connectivity index (χ0n) is 15.5. The number of nitrogens with zero attached hydrogens (tertiary/aromatic N) is 3. The van der Waals surface area contributed by atoms with Gasteiger partial charge in [-0.05, 0) is 30.3 Å². The van der Waals surface area contributed by atoms with Gasteiger partial charge in [0.1, 0.15) is 11.4 Å². The lowest BCUT2D eigenvalue weighted by molar-refractivity contribution is -0.0495. The number of hydrogen-bond acceptors (Lipinski definition) is 5. The molecule has 2 heterocycles. The number of ether oxygens (including phenoxy) is 2. The Kier molecular flexibility index (Phi) is 5.15. The largest absolute Gasteiger partial charge is 0.495 e. The standard InChI is InChI=1S/C21H18F2N4O2/c1-28-16-13-17(18-11-12-24-27(18)15-7-3-2-4-8-15)25-26(14-16)19-9-5-6-10-20(19)29-21(22)23/h2-14,21,25H,1H3. The molecule has 148 valence electrons. The number of methoxy groups -OCH3 is 1. The van der Waals surface area contributed by atoms with Crippen molar-refractivity contribution in [2.75, 3.05) is 12.1 Å². The van der Waals surface area contributed by atoms with Crippen LogP contribution in [-0.4, -0.2) is 23.5 Å². The predicted molar refractivity (Wildman–Crippen MR) is 105 cm³/mol. The summed E-state index contributed by atoms with van der Waals surface area (Å²) in [4.78, 5) is 0. The molecule has 0 atom stereocenters. The molecule has 29 heavy (non-hydrogen) atoms. The molecule has 0 saturated heterocycles. The summed E-state index contributed by atoms with van der Waals surface area (Å²) in [6.45, 7) is -2.93. The molecule has 3 aromatic rings. The Hall–Kier alpha value is -3.81. The molecule has 1 aromatic heterocycles. The highest BCUT2D eigenvalue weighted by atomic mass is 19.3. The fourth-order valence-electron chi connectivity index (χ4n) is 3.01. The van der Waals surface area contributed by atoms with Crippen LogP contribution in [0.4, 0.5) is 14.5 Å². The molecule has 8 heteroatoms. The number of nitrogens with one attached hydrogen (secondary N) is 1. The molecule has 6 nitrogen and oxygen atoms in total. The molecular weight excluding hydrogens is 378 g/mol. The molecule has 0 saturated carbocycles. The number of halogens is 2. The van der Waals surface area contributed by atoms with Crippen LogP contribution in [0.3, 0.4) is 0 Å². The van der Waals surface area contributed by atoms with Crippen molar-refractivity contribution in [1.29, 1.82) is 0 Å². The first-order valence-electron chi connectivity index (χ1n) is 8.83. The molecule has 0 radical (unpaired) electrons. The first-order valence-corrected chi connectivity index (χ1v) is 8.83. The maximum Gasteiger partial charge on any atom is 0.387 e. The van der Waals surface area contributed by atoms with E-state index in [2.05, 4.69) is 15.3 Å². The number of para-hydroxylation sites is 3. The van der Waals surface area contributed by atoms with Crippen molar-refractivity contribution in [2.45, 2.75) is 6.61 Å². The molecule has 0 unspecified atom stereocenters. The van der Waals surface area contributed by atoms with E-state index in [9.17, 15) is 8.78 Å². The molecule has 1 aliphatic heterocycles. The van der Waals surface area contributed by atoms with Gasteiger partial charge in [-0.15, -0.1) is 0 Å². The average Bonchev–Trinajstić information content (AvgIpc) is 3.24. The average molecular weight is 396 g/mol. The van der Waals surface area contributed by atoms with Crippen LogP contribution in [0.5, 0.6) is 5.75 Å². The molecule has 0 aliphatic carbocycles. The van der Waals surface area contributed by atoms with Gasteiger partial charge >= 0.3 is 6.61 Å². The summed E-state index contributed by atoms with van der Waals surface area (Å²) < 4.78 is 37.5. The third kappa shape index (κ3) is 3.91. The lowest BCUT2D eigenvalue weighted by Gasteiger charge is -2.29. The van der Waals surface area contributed by atoms with E-state index < -0.39 is 6.61 Å². The van der Waals surface area contributed by atoms with Crippen molar-refractivity contribution in [2.24, 2.45) is 0 Å². The monoisotopic (exact) mass is 396 g/mol. The van der Waals surface area contributed by atoms with Crippen LogP contribution < -0.4 is 15.2 Å². The van der Waals surface area contributed by atoms with Gasteiger partial charge in [-0.3, -0.25) is 10.4 Å². The van der Waals surface area contributed by atoms with Crippen LogP contribution >= 0.6 is 0 Å². The Morgan fingerprint density at radius 1 is 1.00 bits per heavy atom. The molecule has 0 fully saturated rings. The van der Waals surface area contributed by atoms with Gasteiger partial charge < -0.3 is 9.47 Å². The molecule has 1 aliphatic rings. The SMILES string of the molecule is COC1=CN(c2ccccc2OC(F)F)NC(c2ccnn2-c2ccccc2)=C1. The third-order valence-corrected chi connectivity index (χ3v) is 4.28. The van der Waals surface area contributed by atoms with E-state index in [0.29, 0.717) is 17.1 Å². The summed E-state index contributed by atoms with van der Waals surface area (Å²) in [5.74, 6) is 0.575. The van der Waals surface area contributed by atoms with Crippen LogP contribution in [0, 0.1) is 0 Å². The van der Waals surface area contributed by atoms with E-state index in [1.165, 1.54) is 6.07 Å². The fraction of sp³-hybridized carbons (Fsp3) is 0.0952. The predicted octanol–water partition coefficient (Wildman–Crippen LogP) is 4.33. The summed E-state index contributed by atoms with van der Waals surface area (Å²) in [6.07, 6.45) is 5.15. The van der Waals surface area contributed by atoms with Crippen LogP contribution in [0.2, 0.25) is 0 Å². The van der Waals surface area contributed by atoms with E-state index in [4.69, 9.17) is 4.74 Å². The lowest BCUT2D eigenvalue weighted by atomic mass is 10.2. The topological polar surface area (TPSA) is 51.6 Å². The maximum atomic E-state index is 12.8. The van der Waals surface area contributed by atoms with E-state index in [1.807, 2.05) is 42.5 Å². The molecule has 1 N–H and O–H groups in total. The first kappa shape index (κ1) is 18.5. The third-order valence-electron chi connectivity index (χ3n) is 4.28. The minimum atomic E-state index is -2.93. The van der Waals surface area contributed by atoms with Crippen LogP contribution in [0.15, 0.2) is 84.9 Å². The smallest absolute Gasteiger partial charge is 0.387 e. The van der Waals surface area contributed by atoms with Gasteiger partial charge in [0.15, 0.2) is 5.75 Å². The van der Waals surface area contributed by atoms with Crippen molar-refractivity contribution in [3.8, 4) is 11.4 Å². The van der Waals surface area contributed by atoms with Crippen LogP contribution in [-0.2, 0) is 4.74 Å². The molecule has 0 spiro atoms. The number of hydrogen-bond donors (Lipinski definition) is 1. The number of alkyl halides is 2. The second kappa shape index (κ2) is 8.05. The fourth-order valence-corrected chi connectivity index (χ4v) is 3.01. The Bertz CT molecular complexity index is 1050. The highest BCUT2D eigenvalue weighted by molar-refractivity contribution is 5.72. The molecule has 0 amide bonds. The van der Waals surface area contributed by atoms with E-state index >= 15 is 0 Å². The van der Waals surface area contributed by atoms with Crippen molar-refractivity contribution in [1.82, 2.24) is 15.2 Å². The molecule has 2 aromatic carbocycles. The number of rotatable bonds is 6. The van der Waals surface area contributed by atoms with Crippen molar-refractivity contribution in [3.63, 3.8) is 0 Å². The quantitative estimate of drug-likeness (QED) is 0.672. The van der Waals surface area contributed by atoms with E-state index in [-0.39, 0.29) is 5.75 Å². The minimum absolute atomic E-state index is 0.0412. The van der Waals surface area contributed by atoms with Gasteiger partial charge in [-0.1, -0.05) is 30.3 Å². The van der Waals surface area contributed by atoms with Gasteiger partial charge in [0, 0.05) is 6.08 Å². The molecular formula is C21H18F2N4O2. The number of allylic oxidation sites excluding steroid dienone is 1. The normalized spacial score (nSPS) is 13.6. The summed E-state index contributed by atoms with van der Waals surface area (Å²) in [6, 6.07) is 18.0. The van der Waals surface area contributed by atoms with Gasteiger partial charge in [-0.25, -0.2) is 4.68 Å². The molecule has 4 rings (SSSR count). The second-order valence-corrected chi connectivity index (χ2v) is 6.09. The maximum absolute atomic E-state index is 12.8. The van der Waals surface area contributed by atoms with Gasteiger partial charge in [0.2, 0.25) is 0 Å². The number of anilines is 1. The number of hydrazine groups is 1. The first-order chi connectivity index (χ1) is 14.2. The van der Waals surface area contributed by atoms with E-state index in [0.717, 1.165) is 11.4 Å². The number of aromatic nitrogens is 2. The van der Waals surface area contributed by atoms with Gasteiger partial charge in [-0.2, -0.15) is 13.9 Å². The Morgan fingerprint density at radius 3 is 2.52 bits per heavy atom. The van der Waals surface area contributed by atoms with Crippen molar-refractivity contribution < 1.29 is 18.3 Å². The van der Waals surface area contributed by atoms with Gasteiger partial charge in [0.05, 0.1) is 36.6 Å². The summed E-state index contributed by atoms with van der Waals surface area (Å²) in [7, 11) is 1.54. The van der Waals surface area contributed by atoms with Crippen LogP contribution in [0.1, 0.15) is 5.69 Å². The Balaban J connectivity index is 1.72. The zero-order chi connectivity index (χ0) is 20.2. The Labute approximate surface area is 166 Å². The van der Waals surface area contributed by atoms with Crippen molar-refractivity contribution in [3.05, 3.63) is 90.6 Å². The minimum Gasteiger partial charge on any atom is -0.495 e. The highest BCUT2D eigenvalue weighted by Gasteiger charge is 2.21. The van der Waals surface area contributed by atoms with Crippen LogP contribution in [0.25, 0.3) is 11.4 Å². The zero-order valence-corrected chi connectivity index (χ0v) is 15.5. The number of benzene rings is 2. The summed E-state index contributed by atoms with van der Waals surface area (Å²) >= 11 is 0. The van der Waals surface area contributed by atoms with Gasteiger partial charge in [0.25, 0.3) is 0 Å². The molecule has 0 bridgehead atoms.